The second-order valence-corrected chi connectivity index (χ2v) is 8.27. The van der Waals surface area contributed by atoms with Gasteiger partial charge in [-0.2, -0.15) is 0 Å². The molecule has 2 unspecified atom stereocenters. The van der Waals surface area contributed by atoms with Gasteiger partial charge >= 0.3 is 6.09 Å². The van der Waals surface area contributed by atoms with Crippen molar-refractivity contribution in [1.29, 1.82) is 0 Å². The molecular formula is C23H25F2N3O2. The fourth-order valence-electron chi connectivity index (χ4n) is 5.09. The van der Waals surface area contributed by atoms with Gasteiger partial charge in [0.1, 0.15) is 18.2 Å². The average Bonchev–Trinajstić information content (AvgIpc) is 3.29. The van der Waals surface area contributed by atoms with Gasteiger partial charge in [0.15, 0.2) is 0 Å². The van der Waals surface area contributed by atoms with Crippen LogP contribution in [0.15, 0.2) is 42.5 Å². The summed E-state index contributed by atoms with van der Waals surface area (Å²) in [7, 11) is 0. The fraction of sp³-hybridized carbons (Fsp3) is 0.435. The van der Waals surface area contributed by atoms with Crippen molar-refractivity contribution in [3.8, 4) is 0 Å². The second-order valence-electron chi connectivity index (χ2n) is 8.27. The van der Waals surface area contributed by atoms with Crippen LogP contribution in [0.5, 0.6) is 0 Å². The summed E-state index contributed by atoms with van der Waals surface area (Å²) in [4.78, 5) is 18.0. The van der Waals surface area contributed by atoms with Crippen LogP contribution >= 0.6 is 0 Å². The van der Waals surface area contributed by atoms with Gasteiger partial charge in [0.2, 0.25) is 0 Å². The average molecular weight is 413 g/mol. The van der Waals surface area contributed by atoms with Crippen molar-refractivity contribution in [2.24, 2.45) is 0 Å². The molecule has 0 bridgehead atoms. The lowest BCUT2D eigenvalue weighted by atomic mass is 9.89. The van der Waals surface area contributed by atoms with Gasteiger partial charge in [-0.1, -0.05) is 0 Å². The maximum atomic E-state index is 14.1. The molecule has 3 aliphatic rings. The number of hydrogen-bond acceptors (Lipinski definition) is 4. The van der Waals surface area contributed by atoms with Gasteiger partial charge in [-0.3, -0.25) is 0 Å². The van der Waals surface area contributed by atoms with Crippen LogP contribution in [0.3, 0.4) is 0 Å². The van der Waals surface area contributed by atoms with Crippen LogP contribution in [0.2, 0.25) is 0 Å². The molecule has 7 heteroatoms. The van der Waals surface area contributed by atoms with Gasteiger partial charge < -0.3 is 19.4 Å². The van der Waals surface area contributed by atoms with Gasteiger partial charge in [-0.15, -0.1) is 0 Å². The van der Waals surface area contributed by atoms with Gasteiger partial charge in [0, 0.05) is 43.0 Å². The van der Waals surface area contributed by atoms with E-state index >= 15 is 0 Å². The summed E-state index contributed by atoms with van der Waals surface area (Å²) < 4.78 is 32.5. The Morgan fingerprint density at radius 2 is 1.80 bits per heavy atom. The molecule has 3 heterocycles. The number of carbonyl (C=O) groups excluding carboxylic acids is 1. The lowest BCUT2D eigenvalue weighted by molar-refractivity contribution is 0.154. The smallest absolute Gasteiger partial charge is 0.409 e. The molecule has 0 spiro atoms. The van der Waals surface area contributed by atoms with Crippen LogP contribution in [0.1, 0.15) is 24.3 Å². The number of anilines is 2. The Hall–Kier alpha value is -2.67. The van der Waals surface area contributed by atoms with Crippen molar-refractivity contribution in [2.75, 3.05) is 44.2 Å². The molecule has 0 saturated carbocycles. The number of ether oxygens (including phenoxy) is 1. The molecule has 5 rings (SSSR count). The maximum absolute atomic E-state index is 14.1. The van der Waals surface area contributed by atoms with Crippen molar-refractivity contribution >= 4 is 17.5 Å². The molecule has 5 nitrogen and oxygen atoms in total. The van der Waals surface area contributed by atoms with Crippen molar-refractivity contribution in [1.82, 2.24) is 9.80 Å². The largest absolute Gasteiger partial charge is 0.448 e. The normalized spacial score (nSPS) is 23.5. The number of benzene rings is 2. The van der Waals surface area contributed by atoms with Gasteiger partial charge in [-0.25, -0.2) is 13.6 Å². The molecule has 0 radical (unpaired) electrons. The Labute approximate surface area is 174 Å². The number of rotatable bonds is 5. The van der Waals surface area contributed by atoms with E-state index in [2.05, 4.69) is 9.80 Å². The molecule has 0 N–H and O–H groups in total. The van der Waals surface area contributed by atoms with E-state index < -0.39 is 0 Å². The highest BCUT2D eigenvalue weighted by Gasteiger charge is 2.42. The molecule has 30 heavy (non-hydrogen) atoms. The van der Waals surface area contributed by atoms with Crippen LogP contribution in [-0.2, 0) is 4.74 Å². The number of nitrogens with zero attached hydrogens (tertiary/aromatic N) is 3. The highest BCUT2D eigenvalue weighted by atomic mass is 19.1. The number of piperidine rings is 1. The van der Waals surface area contributed by atoms with E-state index in [1.165, 1.54) is 18.2 Å². The van der Waals surface area contributed by atoms with E-state index in [9.17, 15) is 13.6 Å². The molecule has 158 valence electrons. The molecule has 2 aromatic carbocycles. The van der Waals surface area contributed by atoms with Crippen LogP contribution in [0, 0.1) is 11.6 Å². The van der Waals surface area contributed by atoms with E-state index in [-0.39, 0.29) is 29.7 Å². The van der Waals surface area contributed by atoms with Crippen molar-refractivity contribution in [2.45, 2.75) is 24.8 Å². The number of amides is 1. The number of fused-ring (bicyclic) bond motifs is 3. The van der Waals surface area contributed by atoms with E-state index in [0.717, 1.165) is 49.4 Å². The molecule has 2 fully saturated rings. The summed E-state index contributed by atoms with van der Waals surface area (Å²) in [5, 5.41) is 0. The molecule has 2 atom stereocenters. The Bertz CT molecular complexity index is 937. The quantitative estimate of drug-likeness (QED) is 0.739. The van der Waals surface area contributed by atoms with Crippen molar-refractivity contribution in [3.05, 3.63) is 59.7 Å². The van der Waals surface area contributed by atoms with E-state index in [1.54, 1.807) is 23.1 Å². The zero-order valence-corrected chi connectivity index (χ0v) is 16.8. The molecule has 0 aliphatic carbocycles. The standard InChI is InChI=1S/C23H25F2N3O2/c24-16-2-5-18(6-3-16)28-21-7-4-17(25)14-19(21)20-15-26(11-8-22(20)28)9-1-10-27-12-13-30-23(27)29/h2-7,14,20,22H,1,8-13,15H2. The summed E-state index contributed by atoms with van der Waals surface area (Å²) in [5.41, 5.74) is 2.98. The number of hydrogen-bond donors (Lipinski definition) is 0. The summed E-state index contributed by atoms with van der Waals surface area (Å²) in [6.07, 6.45) is 1.62. The predicted octanol–water partition coefficient (Wildman–Crippen LogP) is 4.12. The first kappa shape index (κ1) is 19.3. The minimum atomic E-state index is -0.259. The van der Waals surface area contributed by atoms with E-state index in [1.807, 2.05) is 6.07 Å². The number of cyclic esters (lactones) is 1. The predicted molar refractivity (Wildman–Crippen MR) is 110 cm³/mol. The fourth-order valence-corrected chi connectivity index (χ4v) is 5.09. The summed E-state index contributed by atoms with van der Waals surface area (Å²) in [5.74, 6) is -0.282. The number of likely N-dealkylation sites (tertiary alicyclic amines) is 1. The van der Waals surface area contributed by atoms with Crippen molar-refractivity contribution in [3.63, 3.8) is 0 Å². The lowest BCUT2D eigenvalue weighted by Crippen LogP contribution is -2.45. The lowest BCUT2D eigenvalue weighted by Gasteiger charge is -2.39. The van der Waals surface area contributed by atoms with Crippen LogP contribution in [-0.4, -0.2) is 61.3 Å². The van der Waals surface area contributed by atoms with Crippen LogP contribution in [0.4, 0.5) is 25.0 Å². The number of carbonyl (C=O) groups is 1. The Kier molecular flexibility index (Phi) is 5.06. The minimum absolute atomic E-state index is 0.200. The summed E-state index contributed by atoms with van der Waals surface area (Å²) in [6.45, 7) is 4.55. The van der Waals surface area contributed by atoms with Crippen molar-refractivity contribution < 1.29 is 18.3 Å². The zero-order valence-electron chi connectivity index (χ0n) is 16.8. The first-order chi connectivity index (χ1) is 14.6. The van der Waals surface area contributed by atoms with Crippen LogP contribution in [0.25, 0.3) is 0 Å². The monoisotopic (exact) mass is 413 g/mol. The topological polar surface area (TPSA) is 36.0 Å². The molecule has 1 amide bonds. The highest BCUT2D eigenvalue weighted by molar-refractivity contribution is 5.73. The molecular weight excluding hydrogens is 388 g/mol. The first-order valence-electron chi connectivity index (χ1n) is 10.6. The Morgan fingerprint density at radius 1 is 1.00 bits per heavy atom. The Balaban J connectivity index is 1.32. The highest BCUT2D eigenvalue weighted by Crippen LogP contribution is 2.48. The SMILES string of the molecule is O=C1OCCN1CCCN1CCC2C(C1)c1cc(F)ccc1N2c1ccc(F)cc1. The first-order valence-corrected chi connectivity index (χ1v) is 10.6. The maximum Gasteiger partial charge on any atom is 0.409 e. The third-order valence-electron chi connectivity index (χ3n) is 6.49. The van der Waals surface area contributed by atoms with Crippen LogP contribution < -0.4 is 4.90 Å². The summed E-state index contributed by atoms with van der Waals surface area (Å²) in [6, 6.07) is 11.8. The third-order valence-corrected chi connectivity index (χ3v) is 6.49. The second kappa shape index (κ2) is 7.87. The Morgan fingerprint density at radius 3 is 2.57 bits per heavy atom. The number of halogens is 2. The minimum Gasteiger partial charge on any atom is -0.448 e. The summed E-state index contributed by atoms with van der Waals surface area (Å²) >= 11 is 0. The van der Waals surface area contributed by atoms with Gasteiger partial charge in [-0.05, 0) is 67.4 Å². The van der Waals surface area contributed by atoms with Gasteiger partial charge in [0.25, 0.3) is 0 Å². The molecule has 3 aliphatic heterocycles. The molecule has 0 aromatic heterocycles. The van der Waals surface area contributed by atoms with Gasteiger partial charge in [0.05, 0.1) is 6.54 Å². The molecule has 2 saturated heterocycles. The third kappa shape index (κ3) is 3.51. The zero-order chi connectivity index (χ0) is 20.7. The van der Waals surface area contributed by atoms with E-state index in [4.69, 9.17) is 4.74 Å². The molecule has 2 aromatic rings. The van der Waals surface area contributed by atoms with E-state index in [0.29, 0.717) is 19.7 Å².